The molecule has 2 aromatic rings. The molecule has 6 nitrogen and oxygen atoms in total. The van der Waals surface area contributed by atoms with Crippen LogP contribution in [-0.4, -0.2) is 40.0 Å². The first-order valence-electron chi connectivity index (χ1n) is 7.66. The summed E-state index contributed by atoms with van der Waals surface area (Å²) in [5.41, 5.74) is 2.68. The van der Waals surface area contributed by atoms with Crippen LogP contribution in [-0.2, 0) is 6.54 Å². The molecule has 2 rings (SSSR count). The Bertz CT molecular complexity index is 738. The van der Waals surface area contributed by atoms with Crippen molar-refractivity contribution in [2.24, 2.45) is 0 Å². The molecular formula is C17H21BrN4O2. The second kappa shape index (κ2) is 7.61. The summed E-state index contributed by atoms with van der Waals surface area (Å²) >= 11 is 3.33. The topological polar surface area (TPSA) is 78.1 Å². The first kappa shape index (κ1) is 18.2. The Balaban J connectivity index is 1.98. The van der Waals surface area contributed by atoms with Crippen LogP contribution in [0.5, 0.6) is 0 Å². The fraction of sp³-hybridized carbons (Fsp3) is 0.353. The number of nitrogens with zero attached hydrogens (tertiary/aromatic N) is 2. The highest BCUT2D eigenvalue weighted by atomic mass is 79.9. The van der Waals surface area contributed by atoms with Crippen LogP contribution < -0.4 is 5.32 Å². The molecule has 1 aromatic carbocycles. The summed E-state index contributed by atoms with van der Waals surface area (Å²) in [7, 11) is 1.78. The van der Waals surface area contributed by atoms with Crippen LogP contribution in [0.15, 0.2) is 28.7 Å². The van der Waals surface area contributed by atoms with E-state index >= 15 is 0 Å². The monoisotopic (exact) mass is 392 g/mol. The van der Waals surface area contributed by atoms with Crippen molar-refractivity contribution in [1.29, 1.82) is 0 Å². The first-order valence-corrected chi connectivity index (χ1v) is 8.45. The molecule has 0 aliphatic heterocycles. The number of aryl methyl sites for hydroxylation is 1. The van der Waals surface area contributed by atoms with Gasteiger partial charge >= 0.3 is 0 Å². The Hall–Kier alpha value is -2.15. The van der Waals surface area contributed by atoms with Crippen molar-refractivity contribution in [2.45, 2.75) is 33.4 Å². The Morgan fingerprint density at radius 1 is 1.29 bits per heavy atom. The minimum atomic E-state index is -0.258. The molecule has 0 atom stereocenters. The van der Waals surface area contributed by atoms with Gasteiger partial charge in [0.15, 0.2) is 5.69 Å². The Morgan fingerprint density at radius 2 is 1.92 bits per heavy atom. The lowest BCUT2D eigenvalue weighted by atomic mass is 10.1. The zero-order valence-electron chi connectivity index (χ0n) is 14.2. The minimum absolute atomic E-state index is 0.0171. The van der Waals surface area contributed by atoms with E-state index in [0.29, 0.717) is 22.3 Å². The van der Waals surface area contributed by atoms with Gasteiger partial charge in [0.2, 0.25) is 0 Å². The number of H-pyrrole nitrogens is 1. The van der Waals surface area contributed by atoms with Crippen molar-refractivity contribution in [2.75, 3.05) is 7.05 Å². The molecule has 0 aliphatic carbocycles. The molecule has 0 aliphatic rings. The number of halogens is 1. The fourth-order valence-corrected chi connectivity index (χ4v) is 2.39. The van der Waals surface area contributed by atoms with Crippen LogP contribution >= 0.6 is 15.9 Å². The summed E-state index contributed by atoms with van der Waals surface area (Å²) < 4.78 is 0.665. The molecule has 24 heavy (non-hydrogen) atoms. The maximum absolute atomic E-state index is 12.2. The van der Waals surface area contributed by atoms with Gasteiger partial charge in [0.05, 0.1) is 4.47 Å². The number of amides is 2. The predicted molar refractivity (Wildman–Crippen MR) is 95.9 cm³/mol. The van der Waals surface area contributed by atoms with E-state index in [4.69, 9.17) is 0 Å². The third-order valence-corrected chi connectivity index (χ3v) is 4.81. The maximum Gasteiger partial charge on any atom is 0.273 e. The Kier molecular flexibility index (Phi) is 5.77. The highest BCUT2D eigenvalue weighted by Gasteiger charge is 2.16. The van der Waals surface area contributed by atoms with Gasteiger partial charge < -0.3 is 10.2 Å². The molecule has 1 heterocycles. The lowest BCUT2D eigenvalue weighted by Crippen LogP contribution is -2.32. The van der Waals surface area contributed by atoms with E-state index < -0.39 is 0 Å². The smallest absolute Gasteiger partial charge is 0.273 e. The SMILES string of the molecule is Cc1[nH]nc(C(=O)NCc2ccc(C(=O)N(C)C(C)C)cc2)c1Br. The molecule has 0 saturated heterocycles. The van der Waals surface area contributed by atoms with Gasteiger partial charge in [-0.1, -0.05) is 12.1 Å². The molecule has 0 spiro atoms. The molecule has 0 bridgehead atoms. The van der Waals surface area contributed by atoms with Crippen LogP contribution in [0.4, 0.5) is 0 Å². The average Bonchev–Trinajstić information content (AvgIpc) is 2.91. The maximum atomic E-state index is 12.2. The fourth-order valence-electron chi connectivity index (χ4n) is 2.04. The summed E-state index contributed by atoms with van der Waals surface area (Å²) in [4.78, 5) is 26.0. The zero-order valence-corrected chi connectivity index (χ0v) is 15.8. The molecule has 7 heteroatoms. The van der Waals surface area contributed by atoms with Crippen molar-refractivity contribution >= 4 is 27.7 Å². The van der Waals surface area contributed by atoms with E-state index in [1.165, 1.54) is 0 Å². The van der Waals surface area contributed by atoms with Crippen molar-refractivity contribution in [3.63, 3.8) is 0 Å². The molecule has 0 radical (unpaired) electrons. The molecule has 1 aromatic heterocycles. The average molecular weight is 393 g/mol. The summed E-state index contributed by atoms with van der Waals surface area (Å²) in [5.74, 6) is -0.276. The van der Waals surface area contributed by atoms with E-state index in [1.54, 1.807) is 24.1 Å². The highest BCUT2D eigenvalue weighted by Crippen LogP contribution is 2.18. The van der Waals surface area contributed by atoms with Crippen LogP contribution in [0.2, 0.25) is 0 Å². The molecule has 0 saturated carbocycles. The number of benzene rings is 1. The van der Waals surface area contributed by atoms with Gasteiger partial charge in [-0.3, -0.25) is 14.7 Å². The molecule has 0 fully saturated rings. The van der Waals surface area contributed by atoms with Gasteiger partial charge in [0, 0.05) is 30.9 Å². The Morgan fingerprint density at radius 3 is 2.42 bits per heavy atom. The van der Waals surface area contributed by atoms with Crippen molar-refractivity contribution in [1.82, 2.24) is 20.4 Å². The van der Waals surface area contributed by atoms with E-state index in [9.17, 15) is 9.59 Å². The van der Waals surface area contributed by atoms with Gasteiger partial charge in [-0.25, -0.2) is 0 Å². The lowest BCUT2D eigenvalue weighted by Gasteiger charge is -2.21. The minimum Gasteiger partial charge on any atom is -0.347 e. The second-order valence-corrected chi connectivity index (χ2v) is 6.69. The number of hydrogen-bond donors (Lipinski definition) is 2. The molecular weight excluding hydrogens is 372 g/mol. The van der Waals surface area contributed by atoms with Crippen LogP contribution in [0.3, 0.4) is 0 Å². The van der Waals surface area contributed by atoms with Gasteiger partial charge in [0.25, 0.3) is 11.8 Å². The first-order chi connectivity index (χ1) is 11.3. The summed E-state index contributed by atoms with van der Waals surface area (Å²) in [6.45, 7) is 6.14. The molecule has 128 valence electrons. The third kappa shape index (κ3) is 4.03. The van der Waals surface area contributed by atoms with Crippen molar-refractivity contribution < 1.29 is 9.59 Å². The number of aromatic amines is 1. The van der Waals surface area contributed by atoms with Crippen LogP contribution in [0.25, 0.3) is 0 Å². The molecule has 0 unspecified atom stereocenters. The lowest BCUT2D eigenvalue weighted by molar-refractivity contribution is 0.0754. The zero-order chi connectivity index (χ0) is 17.9. The Labute approximate surface area is 149 Å². The van der Waals surface area contributed by atoms with Gasteiger partial charge in [0.1, 0.15) is 0 Å². The molecule has 2 amide bonds. The quantitative estimate of drug-likeness (QED) is 0.820. The van der Waals surface area contributed by atoms with E-state index in [0.717, 1.165) is 11.3 Å². The largest absolute Gasteiger partial charge is 0.347 e. The summed E-state index contributed by atoms with van der Waals surface area (Å²) in [6, 6.07) is 7.38. The van der Waals surface area contributed by atoms with Crippen LogP contribution in [0, 0.1) is 6.92 Å². The summed E-state index contributed by atoms with van der Waals surface area (Å²) in [5, 5.41) is 9.53. The second-order valence-electron chi connectivity index (χ2n) is 5.90. The van der Waals surface area contributed by atoms with E-state index in [2.05, 4.69) is 31.4 Å². The number of rotatable bonds is 5. The normalized spacial score (nSPS) is 10.8. The molecule has 2 N–H and O–H groups in total. The number of nitrogens with one attached hydrogen (secondary N) is 2. The number of hydrogen-bond acceptors (Lipinski definition) is 3. The van der Waals surface area contributed by atoms with Crippen molar-refractivity contribution in [3.8, 4) is 0 Å². The number of carbonyl (C=O) groups excluding carboxylic acids is 2. The predicted octanol–water partition coefficient (Wildman–Crippen LogP) is 2.89. The number of carbonyl (C=O) groups is 2. The van der Waals surface area contributed by atoms with Gasteiger partial charge in [-0.2, -0.15) is 5.10 Å². The van der Waals surface area contributed by atoms with E-state index in [1.807, 2.05) is 32.9 Å². The van der Waals surface area contributed by atoms with E-state index in [-0.39, 0.29) is 17.9 Å². The van der Waals surface area contributed by atoms with Gasteiger partial charge in [-0.15, -0.1) is 0 Å². The summed E-state index contributed by atoms with van der Waals surface area (Å²) in [6.07, 6.45) is 0. The third-order valence-electron chi connectivity index (χ3n) is 3.84. The van der Waals surface area contributed by atoms with Gasteiger partial charge in [-0.05, 0) is 54.4 Å². The standard InChI is InChI=1S/C17H21BrN4O2/c1-10(2)22(4)17(24)13-7-5-12(6-8-13)9-19-16(23)15-14(18)11(3)20-21-15/h5-8,10H,9H2,1-4H3,(H,19,23)(H,20,21). The van der Waals surface area contributed by atoms with Crippen LogP contribution in [0.1, 0.15) is 46.0 Å². The highest BCUT2D eigenvalue weighted by molar-refractivity contribution is 9.10. The van der Waals surface area contributed by atoms with Crippen molar-refractivity contribution in [3.05, 3.63) is 51.3 Å². The number of aromatic nitrogens is 2.